The van der Waals surface area contributed by atoms with Gasteiger partial charge in [-0.1, -0.05) is 17.7 Å². The Kier molecular flexibility index (Phi) is 5.90. The SMILES string of the molecule is COc1ccc(CNC(=O)c2ccc(Cl)cc2I)cc1OC. The molecule has 0 spiro atoms. The molecule has 2 rings (SSSR count). The topological polar surface area (TPSA) is 47.6 Å². The fraction of sp³-hybridized carbons (Fsp3) is 0.188. The molecule has 0 fully saturated rings. The molecular formula is C16H15ClINO3. The molecule has 0 aromatic heterocycles. The first-order valence-corrected chi connectivity index (χ1v) is 7.95. The monoisotopic (exact) mass is 431 g/mol. The van der Waals surface area contributed by atoms with Crippen molar-refractivity contribution in [3.05, 3.63) is 56.1 Å². The van der Waals surface area contributed by atoms with Crippen LogP contribution in [-0.2, 0) is 6.54 Å². The lowest BCUT2D eigenvalue weighted by atomic mass is 10.1. The van der Waals surface area contributed by atoms with E-state index >= 15 is 0 Å². The van der Waals surface area contributed by atoms with Crippen molar-refractivity contribution in [2.45, 2.75) is 6.54 Å². The maximum absolute atomic E-state index is 12.2. The highest BCUT2D eigenvalue weighted by Gasteiger charge is 2.11. The molecule has 4 nitrogen and oxygen atoms in total. The van der Waals surface area contributed by atoms with Gasteiger partial charge in [0.1, 0.15) is 0 Å². The summed E-state index contributed by atoms with van der Waals surface area (Å²) in [4.78, 5) is 12.2. The van der Waals surface area contributed by atoms with Crippen LogP contribution in [0.3, 0.4) is 0 Å². The molecule has 0 aliphatic rings. The maximum Gasteiger partial charge on any atom is 0.252 e. The van der Waals surface area contributed by atoms with Gasteiger partial charge in [-0.25, -0.2) is 0 Å². The summed E-state index contributed by atoms with van der Waals surface area (Å²) in [5.41, 5.74) is 1.53. The van der Waals surface area contributed by atoms with Crippen LogP contribution in [0.2, 0.25) is 5.02 Å². The van der Waals surface area contributed by atoms with Crippen LogP contribution in [0.5, 0.6) is 11.5 Å². The lowest BCUT2D eigenvalue weighted by Gasteiger charge is -2.11. The molecule has 1 N–H and O–H groups in total. The van der Waals surface area contributed by atoms with Crippen LogP contribution in [0.4, 0.5) is 0 Å². The van der Waals surface area contributed by atoms with E-state index in [9.17, 15) is 4.79 Å². The number of hydrogen-bond acceptors (Lipinski definition) is 3. The molecular weight excluding hydrogens is 417 g/mol. The fourth-order valence-electron chi connectivity index (χ4n) is 1.94. The summed E-state index contributed by atoms with van der Waals surface area (Å²) in [6.45, 7) is 0.401. The normalized spacial score (nSPS) is 10.2. The van der Waals surface area contributed by atoms with E-state index in [4.69, 9.17) is 21.1 Å². The number of rotatable bonds is 5. The molecule has 0 atom stereocenters. The standard InChI is InChI=1S/C16H15ClINO3/c1-21-14-6-3-10(7-15(14)22-2)9-19-16(20)12-5-4-11(17)8-13(12)18/h3-8H,9H2,1-2H3,(H,19,20). The molecule has 2 aromatic rings. The second-order valence-electron chi connectivity index (χ2n) is 4.50. The van der Waals surface area contributed by atoms with Crippen LogP contribution in [0.25, 0.3) is 0 Å². The summed E-state index contributed by atoms with van der Waals surface area (Å²) in [7, 11) is 3.16. The van der Waals surface area contributed by atoms with E-state index in [-0.39, 0.29) is 5.91 Å². The van der Waals surface area contributed by atoms with Crippen LogP contribution in [0.15, 0.2) is 36.4 Å². The highest BCUT2D eigenvalue weighted by molar-refractivity contribution is 14.1. The number of ether oxygens (including phenoxy) is 2. The molecule has 0 aliphatic heterocycles. The first kappa shape index (κ1) is 16.9. The van der Waals surface area contributed by atoms with Gasteiger partial charge in [0.25, 0.3) is 5.91 Å². The molecule has 1 amide bonds. The smallest absolute Gasteiger partial charge is 0.252 e. The van der Waals surface area contributed by atoms with Crippen LogP contribution in [0, 0.1) is 3.57 Å². The van der Waals surface area contributed by atoms with Crippen LogP contribution >= 0.6 is 34.2 Å². The lowest BCUT2D eigenvalue weighted by molar-refractivity contribution is 0.0950. The highest BCUT2D eigenvalue weighted by Crippen LogP contribution is 2.27. The third-order valence-corrected chi connectivity index (χ3v) is 4.20. The average molecular weight is 432 g/mol. The lowest BCUT2D eigenvalue weighted by Crippen LogP contribution is -2.23. The van der Waals surface area contributed by atoms with Gasteiger partial charge in [0.2, 0.25) is 0 Å². The molecule has 0 heterocycles. The summed E-state index contributed by atoms with van der Waals surface area (Å²) in [5, 5.41) is 3.49. The van der Waals surface area contributed by atoms with E-state index in [1.807, 2.05) is 18.2 Å². The van der Waals surface area contributed by atoms with Gasteiger partial charge in [0, 0.05) is 15.1 Å². The zero-order valence-corrected chi connectivity index (χ0v) is 15.1. The molecule has 0 aliphatic carbocycles. The van der Waals surface area contributed by atoms with Gasteiger partial charge in [-0.3, -0.25) is 4.79 Å². The van der Waals surface area contributed by atoms with Crippen molar-refractivity contribution in [2.24, 2.45) is 0 Å². The minimum atomic E-state index is -0.143. The van der Waals surface area contributed by atoms with Crippen molar-refractivity contribution in [2.75, 3.05) is 14.2 Å². The van der Waals surface area contributed by atoms with Crippen molar-refractivity contribution < 1.29 is 14.3 Å². The summed E-state index contributed by atoms with van der Waals surface area (Å²) >= 11 is 7.99. The van der Waals surface area contributed by atoms with E-state index in [1.165, 1.54) is 0 Å². The average Bonchev–Trinajstić information content (AvgIpc) is 2.52. The van der Waals surface area contributed by atoms with E-state index in [0.29, 0.717) is 28.6 Å². The molecule has 6 heteroatoms. The summed E-state index contributed by atoms with van der Waals surface area (Å²) < 4.78 is 11.2. The van der Waals surface area contributed by atoms with Gasteiger partial charge < -0.3 is 14.8 Å². The molecule has 22 heavy (non-hydrogen) atoms. The first-order chi connectivity index (χ1) is 10.5. The number of methoxy groups -OCH3 is 2. The number of benzene rings is 2. The van der Waals surface area contributed by atoms with Gasteiger partial charge in [-0.2, -0.15) is 0 Å². The van der Waals surface area contributed by atoms with Gasteiger partial charge in [0.05, 0.1) is 19.8 Å². The van der Waals surface area contributed by atoms with Crippen LogP contribution in [-0.4, -0.2) is 20.1 Å². The number of amides is 1. The van der Waals surface area contributed by atoms with Crippen LogP contribution in [0.1, 0.15) is 15.9 Å². The summed E-state index contributed by atoms with van der Waals surface area (Å²) in [5.74, 6) is 1.15. The molecule has 116 valence electrons. The third kappa shape index (κ3) is 4.04. The van der Waals surface area contributed by atoms with E-state index < -0.39 is 0 Å². The molecule has 0 saturated heterocycles. The van der Waals surface area contributed by atoms with Gasteiger partial charge in [-0.05, 0) is 58.5 Å². The molecule has 2 aromatic carbocycles. The van der Waals surface area contributed by atoms with Gasteiger partial charge in [-0.15, -0.1) is 0 Å². The van der Waals surface area contributed by atoms with Crippen molar-refractivity contribution >= 4 is 40.1 Å². The quantitative estimate of drug-likeness (QED) is 0.731. The molecule has 0 unspecified atom stereocenters. The Bertz CT molecular complexity index is 691. The Balaban J connectivity index is 2.08. The highest BCUT2D eigenvalue weighted by atomic mass is 127. The predicted octanol–water partition coefficient (Wildman–Crippen LogP) is 3.89. The van der Waals surface area contributed by atoms with Crippen molar-refractivity contribution in [3.63, 3.8) is 0 Å². The number of nitrogens with one attached hydrogen (secondary N) is 1. The second-order valence-corrected chi connectivity index (χ2v) is 6.09. The van der Waals surface area contributed by atoms with Crippen LogP contribution < -0.4 is 14.8 Å². The number of carbonyl (C=O) groups is 1. The predicted molar refractivity (Wildman–Crippen MR) is 94.9 cm³/mol. The number of halogens is 2. The Hall–Kier alpha value is -1.47. The first-order valence-electron chi connectivity index (χ1n) is 6.49. The summed E-state index contributed by atoms with van der Waals surface area (Å²) in [6, 6.07) is 10.7. The van der Waals surface area contributed by atoms with Gasteiger partial charge in [0.15, 0.2) is 11.5 Å². The summed E-state index contributed by atoms with van der Waals surface area (Å²) in [6.07, 6.45) is 0. The van der Waals surface area contributed by atoms with E-state index in [2.05, 4.69) is 27.9 Å². The third-order valence-electron chi connectivity index (χ3n) is 3.08. The van der Waals surface area contributed by atoms with E-state index in [1.54, 1.807) is 32.4 Å². The zero-order valence-electron chi connectivity index (χ0n) is 12.2. The number of carbonyl (C=O) groups excluding carboxylic acids is 1. The molecule has 0 bridgehead atoms. The molecule has 0 radical (unpaired) electrons. The zero-order chi connectivity index (χ0) is 16.1. The van der Waals surface area contributed by atoms with E-state index in [0.717, 1.165) is 9.13 Å². The Labute approximate surface area is 147 Å². The largest absolute Gasteiger partial charge is 0.493 e. The second kappa shape index (κ2) is 7.69. The molecule has 0 saturated carbocycles. The maximum atomic E-state index is 12.2. The minimum Gasteiger partial charge on any atom is -0.493 e. The van der Waals surface area contributed by atoms with Gasteiger partial charge >= 0.3 is 0 Å². The number of hydrogen-bond donors (Lipinski definition) is 1. The van der Waals surface area contributed by atoms with Crippen molar-refractivity contribution in [3.8, 4) is 11.5 Å². The van der Waals surface area contributed by atoms with Crippen molar-refractivity contribution in [1.29, 1.82) is 0 Å². The van der Waals surface area contributed by atoms with Crippen molar-refractivity contribution in [1.82, 2.24) is 5.32 Å². The Morgan fingerprint density at radius 2 is 1.86 bits per heavy atom. The minimum absolute atomic E-state index is 0.143. The Morgan fingerprint density at radius 3 is 2.50 bits per heavy atom. The fourth-order valence-corrected chi connectivity index (χ4v) is 3.06. The Morgan fingerprint density at radius 1 is 1.14 bits per heavy atom.